The molecule has 0 saturated carbocycles. The van der Waals surface area contributed by atoms with Crippen molar-refractivity contribution in [2.24, 2.45) is 10.9 Å². The lowest BCUT2D eigenvalue weighted by Gasteiger charge is -2.26. The number of benzene rings is 3. The Hall–Kier alpha value is -2.82. The van der Waals surface area contributed by atoms with Gasteiger partial charge in [-0.1, -0.05) is 54.1 Å². The molecule has 3 aromatic rings. The van der Waals surface area contributed by atoms with Crippen LogP contribution in [0.3, 0.4) is 0 Å². The zero-order valence-corrected chi connectivity index (χ0v) is 18.0. The fourth-order valence-electron chi connectivity index (χ4n) is 4.00. The predicted octanol–water partition coefficient (Wildman–Crippen LogP) is 5.72. The summed E-state index contributed by atoms with van der Waals surface area (Å²) in [7, 11) is 0. The molecule has 5 heteroatoms. The molecule has 31 heavy (non-hydrogen) atoms. The van der Waals surface area contributed by atoms with Crippen molar-refractivity contribution in [1.82, 2.24) is 0 Å². The molecule has 3 aromatic carbocycles. The van der Waals surface area contributed by atoms with Crippen LogP contribution in [0, 0.1) is 5.92 Å². The topological polar surface area (TPSA) is 42.9 Å². The Morgan fingerprint density at radius 2 is 1.84 bits per heavy atom. The largest absolute Gasteiger partial charge is 0.484 e. The Kier molecular flexibility index (Phi) is 5.92. The van der Waals surface area contributed by atoms with Gasteiger partial charge in [-0.25, -0.2) is 0 Å². The van der Waals surface area contributed by atoms with E-state index in [1.54, 1.807) is 0 Å². The summed E-state index contributed by atoms with van der Waals surface area (Å²) < 4.78 is 11.6. The van der Waals surface area contributed by atoms with Crippen LogP contribution in [0.4, 0.5) is 5.69 Å². The van der Waals surface area contributed by atoms with Crippen LogP contribution in [0.5, 0.6) is 5.75 Å². The van der Waals surface area contributed by atoms with Crippen LogP contribution in [0.15, 0.2) is 77.8 Å². The second-order valence-corrected chi connectivity index (χ2v) is 8.60. The number of nitrogens with one attached hydrogen (secondary N) is 1. The molecule has 0 aliphatic carbocycles. The molecule has 1 N–H and O–H groups in total. The molecule has 5 rings (SSSR count). The lowest BCUT2D eigenvalue weighted by molar-refractivity contribution is -0.0312. The van der Waals surface area contributed by atoms with Gasteiger partial charge in [0.15, 0.2) is 0 Å². The molecule has 4 nitrogen and oxygen atoms in total. The number of ether oxygens (including phenoxy) is 2. The van der Waals surface area contributed by atoms with Gasteiger partial charge in [-0.2, -0.15) is 0 Å². The first kappa shape index (κ1) is 20.1. The van der Waals surface area contributed by atoms with Gasteiger partial charge in [0, 0.05) is 23.0 Å². The van der Waals surface area contributed by atoms with Crippen molar-refractivity contribution < 1.29 is 9.47 Å². The molecule has 0 amide bonds. The number of nitrogens with zero attached hydrogens (tertiary/aromatic N) is 1. The quantitative estimate of drug-likeness (QED) is 0.519. The standard InChI is InChI=1S/C26H25ClN2O2/c27-22-7-9-23(10-8-22)31-25(20-4-2-1-3-5-20)15-28-26-14-21-13-18(6-11-24(21)29-26)12-19-16-30-17-19/h1-11,13,19,25H,12,14-17H2,(H,28,29). The van der Waals surface area contributed by atoms with Gasteiger partial charge in [-0.15, -0.1) is 0 Å². The molecule has 1 saturated heterocycles. The molecule has 0 bridgehead atoms. The van der Waals surface area contributed by atoms with Crippen molar-refractivity contribution in [2.75, 3.05) is 25.1 Å². The predicted molar refractivity (Wildman–Crippen MR) is 125 cm³/mol. The van der Waals surface area contributed by atoms with E-state index < -0.39 is 0 Å². The van der Waals surface area contributed by atoms with Crippen LogP contribution >= 0.6 is 11.6 Å². The molecule has 1 fully saturated rings. The van der Waals surface area contributed by atoms with Gasteiger partial charge in [0.1, 0.15) is 17.7 Å². The average Bonchev–Trinajstić information content (AvgIpc) is 3.18. The highest BCUT2D eigenvalue weighted by atomic mass is 35.5. The summed E-state index contributed by atoms with van der Waals surface area (Å²) in [5.41, 5.74) is 4.94. The first-order valence-electron chi connectivity index (χ1n) is 10.7. The third-order valence-electron chi connectivity index (χ3n) is 5.75. The summed E-state index contributed by atoms with van der Waals surface area (Å²) in [6.45, 7) is 2.31. The fourth-order valence-corrected chi connectivity index (χ4v) is 4.13. The monoisotopic (exact) mass is 432 g/mol. The average molecular weight is 433 g/mol. The van der Waals surface area contributed by atoms with Gasteiger partial charge in [0.25, 0.3) is 0 Å². The van der Waals surface area contributed by atoms with E-state index in [1.807, 2.05) is 42.5 Å². The minimum atomic E-state index is -0.172. The van der Waals surface area contributed by atoms with E-state index in [9.17, 15) is 0 Å². The maximum Gasteiger partial charge on any atom is 0.143 e. The zero-order chi connectivity index (χ0) is 21.0. The lowest BCUT2D eigenvalue weighted by Crippen LogP contribution is -2.29. The highest BCUT2D eigenvalue weighted by Gasteiger charge is 2.22. The van der Waals surface area contributed by atoms with E-state index in [-0.39, 0.29) is 6.10 Å². The highest BCUT2D eigenvalue weighted by Crippen LogP contribution is 2.28. The zero-order valence-electron chi connectivity index (χ0n) is 17.3. The molecule has 2 aliphatic rings. The molecular formula is C26H25ClN2O2. The minimum Gasteiger partial charge on any atom is -0.484 e. The van der Waals surface area contributed by atoms with Crippen molar-refractivity contribution in [3.63, 3.8) is 0 Å². The Bertz CT molecular complexity index is 1060. The Labute approximate surface area is 187 Å². The number of hydrogen-bond donors (Lipinski definition) is 1. The highest BCUT2D eigenvalue weighted by molar-refractivity contribution is 6.30. The molecular weight excluding hydrogens is 408 g/mol. The van der Waals surface area contributed by atoms with Gasteiger partial charge in [-0.05, 0) is 53.4 Å². The molecule has 0 spiro atoms. The van der Waals surface area contributed by atoms with Gasteiger partial charge in [0.05, 0.1) is 19.8 Å². The van der Waals surface area contributed by atoms with E-state index >= 15 is 0 Å². The van der Waals surface area contributed by atoms with Crippen molar-refractivity contribution in [3.05, 3.63) is 94.5 Å². The second kappa shape index (κ2) is 9.13. The van der Waals surface area contributed by atoms with Crippen LogP contribution < -0.4 is 10.1 Å². The van der Waals surface area contributed by atoms with Gasteiger partial charge < -0.3 is 14.8 Å². The molecule has 1 atom stereocenters. The van der Waals surface area contributed by atoms with Crippen LogP contribution in [-0.2, 0) is 17.6 Å². The van der Waals surface area contributed by atoms with Crippen LogP contribution in [-0.4, -0.2) is 25.6 Å². The summed E-state index contributed by atoms with van der Waals surface area (Å²) in [4.78, 5) is 4.88. The smallest absolute Gasteiger partial charge is 0.143 e. The SMILES string of the molecule is Clc1ccc(OC(CN=C2Cc3cc(CC4COC4)ccc3N2)c2ccccc2)cc1. The second-order valence-electron chi connectivity index (χ2n) is 8.16. The third kappa shape index (κ3) is 4.92. The van der Waals surface area contributed by atoms with Crippen LogP contribution in [0.2, 0.25) is 5.02 Å². The third-order valence-corrected chi connectivity index (χ3v) is 6.00. The van der Waals surface area contributed by atoms with E-state index in [4.69, 9.17) is 26.1 Å². The Morgan fingerprint density at radius 3 is 2.58 bits per heavy atom. The summed E-state index contributed by atoms with van der Waals surface area (Å²) in [5, 5.41) is 4.17. The van der Waals surface area contributed by atoms with E-state index in [1.165, 1.54) is 11.1 Å². The van der Waals surface area contributed by atoms with Gasteiger partial charge >= 0.3 is 0 Å². The molecule has 2 heterocycles. The lowest BCUT2D eigenvalue weighted by atomic mass is 9.96. The number of anilines is 1. The van der Waals surface area contributed by atoms with Gasteiger partial charge in [0.2, 0.25) is 0 Å². The van der Waals surface area contributed by atoms with E-state index in [0.717, 1.165) is 48.9 Å². The summed E-state index contributed by atoms with van der Waals surface area (Å²) >= 11 is 6.02. The van der Waals surface area contributed by atoms with Crippen LogP contribution in [0.1, 0.15) is 22.8 Å². The molecule has 0 radical (unpaired) electrons. The summed E-state index contributed by atoms with van der Waals surface area (Å²) in [6, 6.07) is 24.4. The number of fused-ring (bicyclic) bond motifs is 1. The summed E-state index contributed by atoms with van der Waals surface area (Å²) in [5.74, 6) is 2.43. The molecule has 1 unspecified atom stereocenters. The molecule has 158 valence electrons. The summed E-state index contributed by atoms with van der Waals surface area (Å²) in [6.07, 6.45) is 1.74. The van der Waals surface area contributed by atoms with E-state index in [2.05, 4.69) is 35.6 Å². The van der Waals surface area contributed by atoms with E-state index in [0.29, 0.717) is 17.5 Å². The Morgan fingerprint density at radius 1 is 1.03 bits per heavy atom. The normalized spacial score (nSPS) is 17.6. The fraction of sp³-hybridized carbons (Fsp3) is 0.269. The Balaban J connectivity index is 1.29. The van der Waals surface area contributed by atoms with Crippen LogP contribution in [0.25, 0.3) is 0 Å². The number of hydrogen-bond acceptors (Lipinski definition) is 3. The molecule has 0 aromatic heterocycles. The maximum absolute atomic E-state index is 6.27. The van der Waals surface area contributed by atoms with Crippen molar-refractivity contribution in [3.8, 4) is 5.75 Å². The molecule has 2 aliphatic heterocycles. The number of rotatable bonds is 7. The maximum atomic E-state index is 6.27. The number of aliphatic imine (C=N–C) groups is 1. The van der Waals surface area contributed by atoms with Crippen molar-refractivity contribution >= 4 is 23.1 Å². The van der Waals surface area contributed by atoms with Gasteiger partial charge in [-0.3, -0.25) is 4.99 Å². The minimum absolute atomic E-state index is 0.172. The first-order chi connectivity index (χ1) is 15.2. The van der Waals surface area contributed by atoms with Crippen molar-refractivity contribution in [1.29, 1.82) is 0 Å². The number of amidine groups is 1. The van der Waals surface area contributed by atoms with Crippen molar-refractivity contribution in [2.45, 2.75) is 18.9 Å². The first-order valence-corrected chi connectivity index (χ1v) is 11.1. The number of halogens is 1.